The zero-order valence-electron chi connectivity index (χ0n) is 7.84. The number of thiophene rings is 1. The quantitative estimate of drug-likeness (QED) is 0.763. The molecule has 2 heteroatoms. The monoisotopic (exact) mass is 183 g/mol. The van der Waals surface area contributed by atoms with Gasteiger partial charge in [0.05, 0.1) is 0 Å². The van der Waals surface area contributed by atoms with E-state index in [1.54, 1.807) is 0 Å². The maximum atomic E-state index is 5.83. The van der Waals surface area contributed by atoms with Crippen molar-refractivity contribution >= 4 is 11.3 Å². The zero-order valence-corrected chi connectivity index (χ0v) is 8.66. The second-order valence-corrected chi connectivity index (χ2v) is 4.39. The molecule has 12 heavy (non-hydrogen) atoms. The van der Waals surface area contributed by atoms with E-state index in [0.29, 0.717) is 6.04 Å². The van der Waals surface area contributed by atoms with Crippen molar-refractivity contribution < 1.29 is 0 Å². The van der Waals surface area contributed by atoms with Gasteiger partial charge >= 0.3 is 0 Å². The molecule has 68 valence electrons. The third-order valence-corrected chi connectivity index (χ3v) is 3.02. The molecule has 0 amide bonds. The van der Waals surface area contributed by atoms with Gasteiger partial charge in [0.15, 0.2) is 0 Å². The molecule has 0 aliphatic heterocycles. The van der Waals surface area contributed by atoms with Crippen LogP contribution in [0.1, 0.15) is 30.2 Å². The Morgan fingerprint density at radius 1 is 1.58 bits per heavy atom. The fourth-order valence-electron chi connectivity index (χ4n) is 1.19. The van der Waals surface area contributed by atoms with Gasteiger partial charge in [-0.3, -0.25) is 0 Å². The molecule has 0 saturated heterocycles. The van der Waals surface area contributed by atoms with Crippen LogP contribution < -0.4 is 5.73 Å². The number of hydrogen-bond acceptors (Lipinski definition) is 2. The van der Waals surface area contributed by atoms with Crippen molar-refractivity contribution in [3.8, 4) is 0 Å². The lowest BCUT2D eigenvalue weighted by Crippen LogP contribution is -2.18. The highest BCUT2D eigenvalue weighted by Crippen LogP contribution is 2.15. The first-order chi connectivity index (χ1) is 5.72. The molecule has 0 aliphatic rings. The van der Waals surface area contributed by atoms with Gasteiger partial charge in [-0.15, -0.1) is 11.3 Å². The molecule has 1 unspecified atom stereocenters. The average Bonchev–Trinajstić information content (AvgIpc) is 2.47. The molecule has 0 spiro atoms. The largest absolute Gasteiger partial charge is 0.328 e. The predicted octanol–water partition coefficient (Wildman–Crippen LogP) is 2.73. The average molecular weight is 183 g/mol. The summed E-state index contributed by atoms with van der Waals surface area (Å²) in [4.78, 5) is 1.40. The lowest BCUT2D eigenvalue weighted by atomic mass is 10.1. The smallest absolute Gasteiger partial charge is 0.00393 e. The zero-order chi connectivity index (χ0) is 8.97. The summed E-state index contributed by atoms with van der Waals surface area (Å²) < 4.78 is 0. The summed E-state index contributed by atoms with van der Waals surface area (Å²) in [6, 6.07) is 2.64. The summed E-state index contributed by atoms with van der Waals surface area (Å²) in [7, 11) is 0. The van der Waals surface area contributed by atoms with Gasteiger partial charge in [-0.1, -0.05) is 6.92 Å². The van der Waals surface area contributed by atoms with E-state index in [-0.39, 0.29) is 0 Å². The number of nitrogens with two attached hydrogens (primary N) is 1. The Kier molecular flexibility index (Phi) is 3.76. The predicted molar refractivity (Wildman–Crippen MR) is 55.6 cm³/mol. The van der Waals surface area contributed by atoms with Gasteiger partial charge in [0, 0.05) is 10.9 Å². The van der Waals surface area contributed by atoms with Gasteiger partial charge in [-0.2, -0.15) is 0 Å². The molecule has 1 aromatic rings. The topological polar surface area (TPSA) is 26.0 Å². The molecular weight excluding hydrogens is 166 g/mol. The minimum atomic E-state index is 0.380. The van der Waals surface area contributed by atoms with E-state index < -0.39 is 0 Å². The van der Waals surface area contributed by atoms with Gasteiger partial charge < -0.3 is 5.73 Å². The van der Waals surface area contributed by atoms with Crippen molar-refractivity contribution in [3.05, 3.63) is 21.9 Å². The van der Waals surface area contributed by atoms with E-state index >= 15 is 0 Å². The molecule has 0 fully saturated rings. The fraction of sp³-hybridized carbons (Fsp3) is 0.600. The van der Waals surface area contributed by atoms with E-state index in [4.69, 9.17) is 5.73 Å². The van der Waals surface area contributed by atoms with Crippen LogP contribution in [0, 0.1) is 6.92 Å². The second kappa shape index (κ2) is 4.63. The van der Waals surface area contributed by atoms with Gasteiger partial charge in [-0.25, -0.2) is 0 Å². The van der Waals surface area contributed by atoms with Gasteiger partial charge in [0.2, 0.25) is 0 Å². The Bertz CT molecular complexity index is 229. The third kappa shape index (κ3) is 2.95. The summed E-state index contributed by atoms with van der Waals surface area (Å²) in [6.45, 7) is 4.29. The van der Waals surface area contributed by atoms with Crippen LogP contribution in [0.5, 0.6) is 0 Å². The molecule has 2 N–H and O–H groups in total. The Morgan fingerprint density at radius 2 is 2.33 bits per heavy atom. The molecule has 1 heterocycles. The number of aryl methyl sites for hydroxylation is 2. The highest BCUT2D eigenvalue weighted by atomic mass is 32.1. The Hall–Kier alpha value is -0.340. The van der Waals surface area contributed by atoms with E-state index in [1.165, 1.54) is 10.4 Å². The number of rotatable bonds is 4. The van der Waals surface area contributed by atoms with Crippen molar-refractivity contribution in [1.29, 1.82) is 0 Å². The Morgan fingerprint density at radius 3 is 2.83 bits per heavy atom. The standard InChI is InChI=1S/C10H17NS/c1-3-10(11)5-4-9-6-8(2)12-7-9/h6-7,10H,3-5,11H2,1-2H3. The first-order valence-corrected chi connectivity index (χ1v) is 5.40. The molecule has 1 nitrogen and oxygen atoms in total. The van der Waals surface area contributed by atoms with Crippen LogP contribution in [0.2, 0.25) is 0 Å². The molecule has 0 saturated carbocycles. The maximum absolute atomic E-state index is 5.83. The van der Waals surface area contributed by atoms with Gasteiger partial charge in [0.1, 0.15) is 0 Å². The Balaban J connectivity index is 2.33. The van der Waals surface area contributed by atoms with Crippen molar-refractivity contribution in [3.63, 3.8) is 0 Å². The molecule has 0 aliphatic carbocycles. The van der Waals surface area contributed by atoms with Crippen molar-refractivity contribution in [1.82, 2.24) is 0 Å². The van der Waals surface area contributed by atoms with Crippen LogP contribution in [0.3, 0.4) is 0 Å². The van der Waals surface area contributed by atoms with Gasteiger partial charge in [-0.05, 0) is 43.2 Å². The normalized spacial score (nSPS) is 13.2. The molecule has 1 atom stereocenters. The first-order valence-electron chi connectivity index (χ1n) is 4.52. The minimum absolute atomic E-state index is 0.380. The molecule has 0 aromatic carbocycles. The summed E-state index contributed by atoms with van der Waals surface area (Å²) >= 11 is 1.82. The third-order valence-electron chi connectivity index (χ3n) is 2.11. The summed E-state index contributed by atoms with van der Waals surface area (Å²) in [5, 5.41) is 2.23. The van der Waals surface area contributed by atoms with Crippen molar-refractivity contribution in [2.24, 2.45) is 5.73 Å². The summed E-state index contributed by atoms with van der Waals surface area (Å²) in [6.07, 6.45) is 3.34. The molecule has 0 radical (unpaired) electrons. The minimum Gasteiger partial charge on any atom is -0.328 e. The van der Waals surface area contributed by atoms with Crippen LogP contribution in [-0.4, -0.2) is 6.04 Å². The van der Waals surface area contributed by atoms with E-state index in [9.17, 15) is 0 Å². The fourth-order valence-corrected chi connectivity index (χ4v) is 1.93. The van der Waals surface area contributed by atoms with Crippen molar-refractivity contribution in [2.75, 3.05) is 0 Å². The van der Waals surface area contributed by atoms with Crippen molar-refractivity contribution in [2.45, 2.75) is 39.2 Å². The molecule has 1 aromatic heterocycles. The summed E-state index contributed by atoms with van der Waals surface area (Å²) in [5.74, 6) is 0. The highest BCUT2D eigenvalue weighted by Gasteiger charge is 2.01. The van der Waals surface area contributed by atoms with E-state index in [2.05, 4.69) is 25.3 Å². The van der Waals surface area contributed by atoms with Gasteiger partial charge in [0.25, 0.3) is 0 Å². The molecule has 1 rings (SSSR count). The lowest BCUT2D eigenvalue weighted by molar-refractivity contribution is 0.596. The van der Waals surface area contributed by atoms with Crippen LogP contribution >= 0.6 is 11.3 Å². The van der Waals surface area contributed by atoms with E-state index in [1.807, 2.05) is 11.3 Å². The Labute approximate surface area is 78.6 Å². The van der Waals surface area contributed by atoms with Crippen LogP contribution in [0.15, 0.2) is 11.4 Å². The van der Waals surface area contributed by atoms with Crippen LogP contribution in [0.4, 0.5) is 0 Å². The second-order valence-electron chi connectivity index (χ2n) is 3.27. The lowest BCUT2D eigenvalue weighted by Gasteiger charge is -2.06. The van der Waals surface area contributed by atoms with E-state index in [0.717, 1.165) is 19.3 Å². The first kappa shape index (κ1) is 9.75. The molecule has 0 bridgehead atoms. The van der Waals surface area contributed by atoms with Crippen LogP contribution in [-0.2, 0) is 6.42 Å². The summed E-state index contributed by atoms with van der Waals surface area (Å²) in [5.41, 5.74) is 7.28. The number of hydrogen-bond donors (Lipinski definition) is 1. The maximum Gasteiger partial charge on any atom is 0.00393 e. The SMILES string of the molecule is CCC(N)CCc1csc(C)c1. The van der Waals surface area contributed by atoms with Crippen LogP contribution in [0.25, 0.3) is 0 Å². The highest BCUT2D eigenvalue weighted by molar-refractivity contribution is 7.10. The molecular formula is C10H17NS.